The number of fused-ring (bicyclic) bond motifs is 1. The zero-order valence-electron chi connectivity index (χ0n) is 6.45. The van der Waals surface area contributed by atoms with E-state index in [0.29, 0.717) is 21.4 Å². The highest BCUT2D eigenvalue weighted by Gasteiger charge is 2.08. The molecule has 0 aliphatic heterocycles. The minimum Gasteiger partial charge on any atom is -0.298 e. The van der Waals surface area contributed by atoms with Crippen molar-refractivity contribution in [2.45, 2.75) is 4.21 Å². The van der Waals surface area contributed by atoms with Crippen LogP contribution in [-0.4, -0.2) is 6.29 Å². The summed E-state index contributed by atoms with van der Waals surface area (Å²) in [7, 11) is 0. The summed E-state index contributed by atoms with van der Waals surface area (Å²) in [6.45, 7) is 0. The fourth-order valence-electron chi connectivity index (χ4n) is 1.19. The summed E-state index contributed by atoms with van der Waals surface area (Å²) in [6.07, 6.45) is 0.709. The molecule has 0 saturated heterocycles. The SMILES string of the molecule is O=Cc1c(S)sc2ccc(F)cc12. The van der Waals surface area contributed by atoms with E-state index in [0.717, 1.165) is 4.70 Å². The highest BCUT2D eigenvalue weighted by molar-refractivity contribution is 7.83. The Labute approximate surface area is 83.6 Å². The third-order valence-corrected chi connectivity index (χ3v) is 3.29. The molecule has 0 radical (unpaired) electrons. The van der Waals surface area contributed by atoms with Gasteiger partial charge in [-0.1, -0.05) is 0 Å². The molecule has 1 nitrogen and oxygen atoms in total. The summed E-state index contributed by atoms with van der Waals surface area (Å²) in [5.74, 6) is -0.332. The summed E-state index contributed by atoms with van der Waals surface area (Å²) in [5.41, 5.74) is 0.475. The van der Waals surface area contributed by atoms with E-state index >= 15 is 0 Å². The number of carbonyl (C=O) groups excluding carboxylic acids is 1. The summed E-state index contributed by atoms with van der Waals surface area (Å²) < 4.78 is 14.3. The Morgan fingerprint density at radius 2 is 2.23 bits per heavy atom. The highest BCUT2D eigenvalue weighted by atomic mass is 32.2. The van der Waals surface area contributed by atoms with Crippen molar-refractivity contribution in [3.63, 3.8) is 0 Å². The van der Waals surface area contributed by atoms with Crippen molar-refractivity contribution in [2.75, 3.05) is 0 Å². The molecule has 0 bridgehead atoms. The van der Waals surface area contributed by atoms with Crippen LogP contribution < -0.4 is 0 Å². The fraction of sp³-hybridized carbons (Fsp3) is 0. The van der Waals surface area contributed by atoms with Crippen molar-refractivity contribution in [3.05, 3.63) is 29.6 Å². The van der Waals surface area contributed by atoms with Gasteiger partial charge in [0.25, 0.3) is 0 Å². The number of thiophene rings is 1. The van der Waals surface area contributed by atoms with Crippen molar-refractivity contribution >= 4 is 40.3 Å². The quantitative estimate of drug-likeness (QED) is 0.567. The van der Waals surface area contributed by atoms with E-state index in [-0.39, 0.29) is 5.82 Å². The van der Waals surface area contributed by atoms with Gasteiger partial charge in [0.15, 0.2) is 6.29 Å². The number of hydrogen-bond acceptors (Lipinski definition) is 3. The molecular weight excluding hydrogens is 207 g/mol. The molecule has 0 spiro atoms. The van der Waals surface area contributed by atoms with Crippen molar-refractivity contribution in [1.82, 2.24) is 0 Å². The Bertz CT molecular complexity index is 476. The average Bonchev–Trinajstić information content (AvgIpc) is 2.40. The summed E-state index contributed by atoms with van der Waals surface area (Å²) in [4.78, 5) is 10.6. The standard InChI is InChI=1S/C9H5FOS2/c10-5-1-2-8-6(3-5)7(4-11)9(12)13-8/h1-4,12H. The minimum absolute atomic E-state index is 0.332. The highest BCUT2D eigenvalue weighted by Crippen LogP contribution is 2.32. The molecule has 0 atom stereocenters. The molecule has 0 saturated carbocycles. The van der Waals surface area contributed by atoms with E-state index in [1.807, 2.05) is 0 Å². The van der Waals surface area contributed by atoms with Gasteiger partial charge in [-0.05, 0) is 18.2 Å². The normalized spacial score (nSPS) is 10.6. The van der Waals surface area contributed by atoms with E-state index in [9.17, 15) is 9.18 Å². The van der Waals surface area contributed by atoms with Gasteiger partial charge < -0.3 is 0 Å². The molecule has 0 unspecified atom stereocenters. The summed E-state index contributed by atoms with van der Waals surface area (Å²) >= 11 is 5.51. The van der Waals surface area contributed by atoms with E-state index in [2.05, 4.69) is 12.6 Å². The maximum Gasteiger partial charge on any atom is 0.152 e. The van der Waals surface area contributed by atoms with E-state index < -0.39 is 0 Å². The summed E-state index contributed by atoms with van der Waals surface area (Å²) in [6, 6.07) is 4.39. The number of halogens is 1. The largest absolute Gasteiger partial charge is 0.298 e. The molecule has 0 amide bonds. The molecule has 4 heteroatoms. The smallest absolute Gasteiger partial charge is 0.152 e. The predicted octanol–water partition coefficient (Wildman–Crippen LogP) is 3.14. The maximum absolute atomic E-state index is 12.8. The van der Waals surface area contributed by atoms with E-state index in [1.54, 1.807) is 6.07 Å². The lowest BCUT2D eigenvalue weighted by Crippen LogP contribution is -1.78. The first-order valence-electron chi connectivity index (χ1n) is 3.58. The van der Waals surface area contributed by atoms with Crippen molar-refractivity contribution < 1.29 is 9.18 Å². The lowest BCUT2D eigenvalue weighted by Gasteiger charge is -1.90. The number of thiol groups is 1. The van der Waals surface area contributed by atoms with Gasteiger partial charge in [0, 0.05) is 15.6 Å². The van der Waals surface area contributed by atoms with Gasteiger partial charge in [-0.25, -0.2) is 4.39 Å². The molecule has 2 aromatic rings. The van der Waals surface area contributed by atoms with Gasteiger partial charge in [-0.2, -0.15) is 0 Å². The second-order valence-electron chi connectivity index (χ2n) is 2.58. The number of rotatable bonds is 1. The minimum atomic E-state index is -0.332. The van der Waals surface area contributed by atoms with Crippen LogP contribution in [0.1, 0.15) is 10.4 Å². The Balaban J connectivity index is 2.88. The first kappa shape index (κ1) is 8.72. The monoisotopic (exact) mass is 212 g/mol. The fourth-order valence-corrected chi connectivity index (χ4v) is 2.55. The van der Waals surface area contributed by atoms with Crippen molar-refractivity contribution in [2.24, 2.45) is 0 Å². The Morgan fingerprint density at radius 3 is 2.92 bits per heavy atom. The van der Waals surface area contributed by atoms with E-state index in [4.69, 9.17) is 0 Å². The molecule has 0 aliphatic rings. The lowest BCUT2D eigenvalue weighted by atomic mass is 10.2. The zero-order valence-corrected chi connectivity index (χ0v) is 8.16. The molecule has 66 valence electrons. The van der Waals surface area contributed by atoms with Gasteiger partial charge in [0.2, 0.25) is 0 Å². The van der Waals surface area contributed by atoms with Crippen LogP contribution in [0.2, 0.25) is 0 Å². The van der Waals surface area contributed by atoms with Crippen LogP contribution in [0.15, 0.2) is 22.4 Å². The second kappa shape index (κ2) is 3.12. The molecule has 0 N–H and O–H groups in total. The van der Waals surface area contributed by atoms with Crippen molar-refractivity contribution in [3.8, 4) is 0 Å². The Kier molecular flexibility index (Phi) is 2.09. The third kappa shape index (κ3) is 1.36. The molecular formula is C9H5FOS2. The first-order valence-corrected chi connectivity index (χ1v) is 4.85. The third-order valence-electron chi connectivity index (χ3n) is 1.79. The Morgan fingerprint density at radius 1 is 1.46 bits per heavy atom. The number of aldehydes is 1. The number of benzene rings is 1. The molecule has 0 fully saturated rings. The van der Waals surface area contributed by atoms with Crippen LogP contribution in [0.25, 0.3) is 10.1 Å². The maximum atomic E-state index is 12.8. The zero-order chi connectivity index (χ0) is 9.42. The Hall–Kier alpha value is -0.870. The van der Waals surface area contributed by atoms with Crippen LogP contribution in [-0.2, 0) is 0 Å². The summed E-state index contributed by atoms with van der Waals surface area (Å²) in [5, 5.41) is 0.644. The van der Waals surface area contributed by atoms with Gasteiger partial charge in [0.1, 0.15) is 5.82 Å². The van der Waals surface area contributed by atoms with Gasteiger partial charge in [-0.3, -0.25) is 4.79 Å². The van der Waals surface area contributed by atoms with Gasteiger partial charge in [0.05, 0.1) is 4.21 Å². The van der Waals surface area contributed by atoms with Crippen molar-refractivity contribution in [1.29, 1.82) is 0 Å². The van der Waals surface area contributed by atoms with Crippen LogP contribution in [0.4, 0.5) is 4.39 Å². The predicted molar refractivity (Wildman–Crippen MR) is 54.4 cm³/mol. The molecule has 2 rings (SSSR count). The molecule has 1 heterocycles. The first-order chi connectivity index (χ1) is 6.22. The topological polar surface area (TPSA) is 17.1 Å². The number of carbonyl (C=O) groups is 1. The van der Waals surface area contributed by atoms with Crippen LogP contribution in [0, 0.1) is 5.82 Å². The van der Waals surface area contributed by atoms with Crippen LogP contribution in [0.3, 0.4) is 0 Å². The average molecular weight is 212 g/mol. The van der Waals surface area contributed by atoms with Crippen LogP contribution in [0.5, 0.6) is 0 Å². The molecule has 1 aromatic heterocycles. The van der Waals surface area contributed by atoms with E-state index in [1.165, 1.54) is 23.5 Å². The molecule has 13 heavy (non-hydrogen) atoms. The second-order valence-corrected chi connectivity index (χ2v) is 4.38. The molecule has 1 aromatic carbocycles. The van der Waals surface area contributed by atoms with Crippen LogP contribution >= 0.6 is 24.0 Å². The van der Waals surface area contributed by atoms with Gasteiger partial charge >= 0.3 is 0 Å². The number of hydrogen-bond donors (Lipinski definition) is 1. The molecule has 0 aliphatic carbocycles. The lowest BCUT2D eigenvalue weighted by molar-refractivity contribution is 0.112. The van der Waals surface area contributed by atoms with Gasteiger partial charge in [-0.15, -0.1) is 24.0 Å².